The zero-order valence-electron chi connectivity index (χ0n) is 57.9. The maximum atomic E-state index is 5.85. The monoisotopic (exact) mass is 1280 g/mol. The fourth-order valence-corrected chi connectivity index (χ4v) is 18.1. The van der Waals surface area contributed by atoms with Gasteiger partial charge in [0, 0.05) is 43.2 Å². The number of hydrogen-bond donors (Lipinski definition) is 0. The van der Waals surface area contributed by atoms with Crippen molar-refractivity contribution in [2.24, 2.45) is 7.05 Å². The molecule has 3 aromatic carbocycles. The van der Waals surface area contributed by atoms with E-state index in [1.807, 2.05) is 43.4 Å². The van der Waals surface area contributed by atoms with E-state index < -0.39 is 0 Å². The van der Waals surface area contributed by atoms with Crippen LogP contribution in [-0.4, -0.2) is 33.6 Å². The molecule has 0 aliphatic carbocycles. The molecule has 7 heterocycles. The molecule has 10 aromatic rings. The van der Waals surface area contributed by atoms with E-state index in [2.05, 4.69) is 226 Å². The Bertz CT molecular complexity index is 3450. The maximum absolute atomic E-state index is 5.85. The summed E-state index contributed by atoms with van der Waals surface area (Å²) >= 11 is 5.10. The fraction of sp³-hybridized carbons (Fsp3) is 0.467. The number of benzene rings is 3. The minimum absolute atomic E-state index is 0.576. The van der Waals surface area contributed by atoms with E-state index in [1.54, 1.807) is 23.0 Å². The van der Waals surface area contributed by atoms with Gasteiger partial charge in [-0.3, -0.25) is 0 Å². The summed E-state index contributed by atoms with van der Waals surface area (Å²) in [5.41, 5.74) is 36.8. The van der Waals surface area contributed by atoms with Crippen molar-refractivity contribution in [1.29, 1.82) is 0 Å². The molecule has 0 bridgehead atoms. The van der Waals surface area contributed by atoms with Crippen molar-refractivity contribution in [2.45, 2.75) is 235 Å². The Morgan fingerprint density at radius 3 is 0.963 bits per heavy atom. The summed E-state index contributed by atoms with van der Waals surface area (Å²) in [5, 5.41) is 4.37. The van der Waals surface area contributed by atoms with Crippen LogP contribution in [0.3, 0.4) is 0 Å². The summed E-state index contributed by atoms with van der Waals surface area (Å²) in [6, 6.07) is 0. The first kappa shape index (κ1) is 70.2. The Labute approximate surface area is 518 Å². The first-order valence-electron chi connectivity index (χ1n) is 29.3. The summed E-state index contributed by atoms with van der Waals surface area (Å²) in [6.07, 6.45) is 0. The van der Waals surface area contributed by atoms with Gasteiger partial charge in [0.15, 0.2) is 0 Å². The molecule has 0 spiro atoms. The third-order valence-corrected chi connectivity index (χ3v) is 27.7. The number of aromatic nitrogens is 1. The summed E-state index contributed by atoms with van der Waals surface area (Å²) < 4.78 is 21.4. The number of hydrogen-bond acceptors (Lipinski definition) is 4. The molecule has 7 aromatic heterocycles. The minimum atomic E-state index is 0.576. The Hall–Kier alpha value is -4.32. The van der Waals surface area contributed by atoms with Crippen LogP contribution in [0.15, 0.2) is 8.83 Å². The van der Waals surface area contributed by atoms with E-state index in [4.69, 9.17) is 8.83 Å². The van der Waals surface area contributed by atoms with Gasteiger partial charge in [0.05, 0.1) is 0 Å². The number of furan rings is 2. The van der Waals surface area contributed by atoms with Crippen molar-refractivity contribution in [3.05, 3.63) is 185 Å². The predicted molar refractivity (Wildman–Crippen MR) is 372 cm³/mol. The molecule has 0 radical (unpaired) electrons. The summed E-state index contributed by atoms with van der Waals surface area (Å²) in [6.45, 7) is 74.5. The Kier molecular flexibility index (Phi) is 24.2. The second-order valence-electron chi connectivity index (χ2n) is 23.8. The Morgan fingerprint density at radius 2 is 0.610 bits per heavy atom. The third-order valence-electron chi connectivity index (χ3n) is 19.8. The predicted octanol–water partition coefficient (Wildman–Crippen LogP) is 22.5. The van der Waals surface area contributed by atoms with Crippen molar-refractivity contribution < 1.29 is 8.83 Å². The first-order valence-corrected chi connectivity index (χ1v) is 34.4. The van der Waals surface area contributed by atoms with E-state index in [0.717, 1.165) is 22.9 Å². The largest absolute Gasteiger partial charge is 0.466 e. The molecule has 0 N–H and O–H groups in total. The average Bonchev–Trinajstić information content (AvgIpc) is 4.32. The summed E-state index contributed by atoms with van der Waals surface area (Å²) in [7, 11) is 2.12. The van der Waals surface area contributed by atoms with Crippen LogP contribution in [0.2, 0.25) is 0 Å². The van der Waals surface area contributed by atoms with Crippen LogP contribution >= 0.6 is 22.7 Å². The molecule has 7 heteroatoms. The van der Waals surface area contributed by atoms with Gasteiger partial charge in [-0.05, 0) is 261 Å². The molecule has 3 nitrogen and oxygen atoms in total. The SMILES string of the molecule is Cc1[se]c(C)c(C)c1C.Cc1[se]c2c(C)c(C)c(C)c(C)c2c1C.Cc1c(C)c(C)n(C)c1C.Cc1oc(C)c(C)c1C.Cc1oc2c(C)c(C)c(C)c(C)c2c1C.Cc1sc(C)c(C)c1C.Cc1sc2c(C)c(C)c(C)c(C)c2c1C. The van der Waals surface area contributed by atoms with Gasteiger partial charge >= 0.3 is 160 Å². The second kappa shape index (κ2) is 28.3. The van der Waals surface area contributed by atoms with Crippen LogP contribution in [-0.2, 0) is 7.05 Å². The Balaban J connectivity index is 0.000000208. The topological polar surface area (TPSA) is 31.2 Å². The van der Waals surface area contributed by atoms with Gasteiger partial charge in [-0.25, -0.2) is 0 Å². The molecule has 0 aliphatic heterocycles. The molecular formula is C75H105NO2S2Se2. The van der Waals surface area contributed by atoms with E-state index >= 15 is 0 Å². The van der Waals surface area contributed by atoms with Crippen molar-refractivity contribution in [1.82, 2.24) is 4.57 Å². The zero-order valence-corrected chi connectivity index (χ0v) is 63.0. The molecular weight excluding hydrogens is 1170 g/mol. The molecule has 0 atom stereocenters. The van der Waals surface area contributed by atoms with Crippen molar-refractivity contribution in [3.8, 4) is 0 Å². The molecule has 0 unspecified atom stereocenters. The smallest absolute Gasteiger partial charge is 0.137 e. The van der Waals surface area contributed by atoms with Gasteiger partial charge in [-0.15, -0.1) is 22.7 Å². The number of thiophene rings is 2. The molecule has 0 saturated carbocycles. The van der Waals surface area contributed by atoms with Crippen molar-refractivity contribution >= 4 is 82.4 Å². The summed E-state index contributed by atoms with van der Waals surface area (Å²) in [4.78, 5) is 4.39. The van der Waals surface area contributed by atoms with Crippen LogP contribution in [0, 0.1) is 235 Å². The van der Waals surface area contributed by atoms with Crippen LogP contribution in [0.25, 0.3) is 30.7 Å². The van der Waals surface area contributed by atoms with Crippen molar-refractivity contribution in [3.63, 3.8) is 0 Å². The normalized spacial score (nSPS) is 10.9. The molecule has 0 saturated heterocycles. The number of aryl methyl sites for hydroxylation is 18. The van der Waals surface area contributed by atoms with Crippen molar-refractivity contribution in [2.75, 3.05) is 0 Å². The molecule has 446 valence electrons. The second-order valence-corrected chi connectivity index (χ2v) is 32.1. The maximum Gasteiger partial charge on any atom is 0.137 e. The van der Waals surface area contributed by atoms with Crippen LogP contribution in [0.5, 0.6) is 0 Å². The molecule has 0 aliphatic rings. The molecule has 10 rings (SSSR count). The fourth-order valence-electron chi connectivity index (χ4n) is 10.8. The van der Waals surface area contributed by atoms with Gasteiger partial charge in [-0.2, -0.15) is 0 Å². The standard InChI is InChI=1S/C14H18O.C14H18S.C14H18Se.C9H15N.C8H12O.C8H12S.C8H12Se/c3*1-7-8(2)10(4)14-13(9(7)3)11(5)12(6)15-14;1-6-7(2)9(4)10(5)8(6)3;3*1-5-6(2)8(4)9-7(5)3/h3*1-6H3;1-5H3;3*1-4H3. The third kappa shape index (κ3) is 14.3. The number of nitrogens with zero attached hydrogens (tertiary/aromatic N) is 1. The van der Waals surface area contributed by atoms with Crippen LogP contribution in [0.4, 0.5) is 0 Å². The van der Waals surface area contributed by atoms with Gasteiger partial charge in [0.2, 0.25) is 0 Å². The van der Waals surface area contributed by atoms with Gasteiger partial charge in [0.25, 0.3) is 0 Å². The van der Waals surface area contributed by atoms with E-state index in [9.17, 15) is 0 Å². The molecule has 0 amide bonds. The average molecular weight is 1270 g/mol. The van der Waals surface area contributed by atoms with E-state index in [-0.39, 0.29) is 0 Å². The van der Waals surface area contributed by atoms with Gasteiger partial charge in [0.1, 0.15) is 22.9 Å². The number of rotatable bonds is 0. The van der Waals surface area contributed by atoms with Crippen LogP contribution in [0.1, 0.15) is 185 Å². The zero-order chi connectivity index (χ0) is 62.9. The summed E-state index contributed by atoms with van der Waals surface area (Å²) in [5.74, 6) is 3.14. The molecule has 82 heavy (non-hydrogen) atoms. The van der Waals surface area contributed by atoms with E-state index in [0.29, 0.717) is 29.0 Å². The minimum Gasteiger partial charge on any atom is -0.466 e. The number of fused-ring (bicyclic) bond motifs is 3. The first-order chi connectivity index (χ1) is 37.8. The van der Waals surface area contributed by atoms with Gasteiger partial charge < -0.3 is 13.4 Å². The molecule has 0 fully saturated rings. The quantitative estimate of drug-likeness (QED) is 0.142. The van der Waals surface area contributed by atoms with E-state index in [1.165, 1.54) is 169 Å². The van der Waals surface area contributed by atoms with Gasteiger partial charge in [-0.1, -0.05) is 0 Å². The Morgan fingerprint density at radius 1 is 0.256 bits per heavy atom. The van der Waals surface area contributed by atoms with Crippen LogP contribution < -0.4 is 0 Å².